The molecule has 1 aromatic rings. The maximum Gasteiger partial charge on any atom is 0.138 e. The molecular formula is C11H20N2O2S. The van der Waals surface area contributed by atoms with Crippen molar-refractivity contribution in [1.82, 2.24) is 10.5 Å². The third-order valence-electron chi connectivity index (χ3n) is 2.44. The van der Waals surface area contributed by atoms with Crippen molar-refractivity contribution in [2.24, 2.45) is 0 Å². The Bertz CT molecular complexity index is 317. The van der Waals surface area contributed by atoms with Crippen molar-refractivity contribution in [3.8, 4) is 0 Å². The van der Waals surface area contributed by atoms with Crippen molar-refractivity contribution in [2.45, 2.75) is 32.9 Å². The molecule has 1 heterocycles. The zero-order valence-electron chi connectivity index (χ0n) is 10.3. The Labute approximate surface area is 101 Å². The molecule has 92 valence electrons. The lowest BCUT2D eigenvalue weighted by Gasteiger charge is -2.22. The van der Waals surface area contributed by atoms with Crippen LogP contribution < -0.4 is 5.32 Å². The number of aromatic nitrogens is 1. The van der Waals surface area contributed by atoms with Crippen LogP contribution >= 0.6 is 11.8 Å². The van der Waals surface area contributed by atoms with Gasteiger partial charge in [-0.1, -0.05) is 5.16 Å². The smallest absolute Gasteiger partial charge is 0.138 e. The van der Waals surface area contributed by atoms with Gasteiger partial charge in [0.25, 0.3) is 0 Å². The van der Waals surface area contributed by atoms with Crippen molar-refractivity contribution < 1.29 is 9.63 Å². The zero-order valence-corrected chi connectivity index (χ0v) is 11.1. The van der Waals surface area contributed by atoms with Crippen LogP contribution in [0, 0.1) is 13.8 Å². The van der Waals surface area contributed by atoms with Crippen molar-refractivity contribution in [2.75, 3.05) is 18.6 Å². The molecule has 0 aliphatic heterocycles. The van der Waals surface area contributed by atoms with Crippen LogP contribution in [0.2, 0.25) is 0 Å². The minimum Gasteiger partial charge on any atom is -0.388 e. The Balaban J connectivity index is 2.41. The fraction of sp³-hybridized carbons (Fsp3) is 0.727. The van der Waals surface area contributed by atoms with Crippen molar-refractivity contribution in [1.29, 1.82) is 0 Å². The monoisotopic (exact) mass is 244 g/mol. The van der Waals surface area contributed by atoms with E-state index in [0.717, 1.165) is 22.8 Å². The highest BCUT2D eigenvalue weighted by atomic mass is 32.2. The Morgan fingerprint density at radius 3 is 2.69 bits per heavy atom. The average molecular weight is 244 g/mol. The molecule has 2 N–H and O–H groups in total. The normalized spacial score (nSPS) is 15.1. The summed E-state index contributed by atoms with van der Waals surface area (Å²) in [6.07, 6.45) is 1.99. The van der Waals surface area contributed by atoms with Gasteiger partial charge in [0.15, 0.2) is 0 Å². The summed E-state index contributed by atoms with van der Waals surface area (Å²) >= 11 is 1.64. The molecule has 0 aliphatic carbocycles. The minimum absolute atomic E-state index is 0.567. The molecule has 0 saturated carbocycles. The van der Waals surface area contributed by atoms with Gasteiger partial charge in [-0.05, 0) is 27.0 Å². The second-order valence-electron chi connectivity index (χ2n) is 4.34. The predicted molar refractivity (Wildman–Crippen MR) is 66.7 cm³/mol. The first-order chi connectivity index (χ1) is 7.46. The molecule has 0 aromatic carbocycles. The largest absolute Gasteiger partial charge is 0.388 e. The first-order valence-corrected chi connectivity index (χ1v) is 6.69. The summed E-state index contributed by atoms with van der Waals surface area (Å²) in [6, 6.07) is 0. The van der Waals surface area contributed by atoms with Gasteiger partial charge >= 0.3 is 0 Å². The molecule has 1 atom stereocenters. The molecule has 16 heavy (non-hydrogen) atoms. The van der Waals surface area contributed by atoms with E-state index in [-0.39, 0.29) is 0 Å². The lowest BCUT2D eigenvalue weighted by Crippen LogP contribution is -2.39. The molecule has 0 saturated heterocycles. The van der Waals surface area contributed by atoms with Gasteiger partial charge in [0, 0.05) is 24.4 Å². The third kappa shape index (κ3) is 3.81. The van der Waals surface area contributed by atoms with Crippen LogP contribution in [0.4, 0.5) is 0 Å². The predicted octanol–water partition coefficient (Wildman–Crippen LogP) is 1.50. The van der Waals surface area contributed by atoms with Gasteiger partial charge in [-0.25, -0.2) is 0 Å². The molecule has 0 bridgehead atoms. The molecule has 0 spiro atoms. The van der Waals surface area contributed by atoms with Gasteiger partial charge < -0.3 is 14.9 Å². The van der Waals surface area contributed by atoms with E-state index in [0.29, 0.717) is 13.1 Å². The van der Waals surface area contributed by atoms with E-state index in [2.05, 4.69) is 10.5 Å². The highest BCUT2D eigenvalue weighted by molar-refractivity contribution is 7.98. The molecule has 1 unspecified atom stereocenters. The summed E-state index contributed by atoms with van der Waals surface area (Å²) in [6.45, 7) is 6.91. The van der Waals surface area contributed by atoms with E-state index in [4.69, 9.17) is 4.52 Å². The van der Waals surface area contributed by atoms with Crippen LogP contribution in [0.25, 0.3) is 0 Å². The van der Waals surface area contributed by atoms with Gasteiger partial charge in [-0.15, -0.1) is 0 Å². The topological polar surface area (TPSA) is 58.3 Å². The second-order valence-corrected chi connectivity index (χ2v) is 5.20. The molecule has 4 nitrogen and oxygen atoms in total. The number of aryl methyl sites for hydroxylation is 2. The Hall–Kier alpha value is -0.520. The van der Waals surface area contributed by atoms with E-state index < -0.39 is 5.60 Å². The van der Waals surface area contributed by atoms with Gasteiger partial charge in [-0.3, -0.25) is 0 Å². The van der Waals surface area contributed by atoms with E-state index in [1.807, 2.05) is 27.0 Å². The third-order valence-corrected chi connectivity index (χ3v) is 3.35. The van der Waals surface area contributed by atoms with E-state index in [1.165, 1.54) is 0 Å². The maximum absolute atomic E-state index is 9.96. The van der Waals surface area contributed by atoms with Crippen LogP contribution in [0.5, 0.6) is 0 Å². The number of rotatable bonds is 6. The number of thioether (sulfide) groups is 1. The van der Waals surface area contributed by atoms with Crippen LogP contribution in [-0.2, 0) is 6.54 Å². The lowest BCUT2D eigenvalue weighted by molar-refractivity contribution is 0.0845. The van der Waals surface area contributed by atoms with Gasteiger partial charge in [0.05, 0.1) is 11.3 Å². The highest BCUT2D eigenvalue weighted by Gasteiger charge is 2.19. The molecule has 1 rings (SSSR count). The van der Waals surface area contributed by atoms with E-state index in [9.17, 15) is 5.11 Å². The summed E-state index contributed by atoms with van der Waals surface area (Å²) in [5.41, 5.74) is 1.33. The zero-order chi connectivity index (χ0) is 12.2. The molecule has 0 amide bonds. The molecular weight excluding hydrogens is 224 g/mol. The van der Waals surface area contributed by atoms with Crippen molar-refractivity contribution >= 4 is 11.8 Å². The minimum atomic E-state index is -0.668. The summed E-state index contributed by atoms with van der Waals surface area (Å²) in [7, 11) is 0. The SMILES string of the molecule is CSCC(C)(O)CNCc1c(C)noc1C. The van der Waals surface area contributed by atoms with Gasteiger partial charge in [-0.2, -0.15) is 11.8 Å². The molecule has 0 radical (unpaired) electrons. The average Bonchev–Trinajstić information content (AvgIpc) is 2.48. The summed E-state index contributed by atoms with van der Waals surface area (Å²) in [4.78, 5) is 0. The number of aliphatic hydroxyl groups is 1. The standard InChI is InChI=1S/C11H20N2O2S/c1-8-10(9(2)15-13-8)5-12-6-11(3,14)7-16-4/h12,14H,5-7H2,1-4H3. The number of nitrogens with zero attached hydrogens (tertiary/aromatic N) is 1. The summed E-state index contributed by atoms with van der Waals surface area (Å²) in [5.74, 6) is 1.57. The highest BCUT2D eigenvalue weighted by Crippen LogP contribution is 2.13. The molecule has 5 heteroatoms. The van der Waals surface area contributed by atoms with Crippen molar-refractivity contribution in [3.63, 3.8) is 0 Å². The number of hydrogen-bond acceptors (Lipinski definition) is 5. The summed E-state index contributed by atoms with van der Waals surface area (Å²) in [5, 5.41) is 17.1. The molecule has 0 aliphatic rings. The Kier molecular flexibility index (Phi) is 4.83. The lowest BCUT2D eigenvalue weighted by atomic mass is 10.1. The van der Waals surface area contributed by atoms with E-state index >= 15 is 0 Å². The van der Waals surface area contributed by atoms with Crippen molar-refractivity contribution in [3.05, 3.63) is 17.0 Å². The molecule has 0 fully saturated rings. The second kappa shape index (κ2) is 5.70. The number of nitrogens with one attached hydrogen (secondary N) is 1. The van der Waals surface area contributed by atoms with Crippen LogP contribution in [0.1, 0.15) is 23.9 Å². The van der Waals surface area contributed by atoms with Gasteiger partial charge in [0.1, 0.15) is 5.76 Å². The van der Waals surface area contributed by atoms with Crippen LogP contribution in [0.3, 0.4) is 0 Å². The Morgan fingerprint density at radius 1 is 1.50 bits per heavy atom. The first-order valence-electron chi connectivity index (χ1n) is 5.30. The first kappa shape index (κ1) is 13.5. The van der Waals surface area contributed by atoms with E-state index in [1.54, 1.807) is 11.8 Å². The maximum atomic E-state index is 9.96. The van der Waals surface area contributed by atoms with Crippen LogP contribution in [-0.4, -0.2) is 34.4 Å². The quantitative estimate of drug-likeness (QED) is 0.794. The fourth-order valence-electron chi connectivity index (χ4n) is 1.57. The molecule has 1 aromatic heterocycles. The Morgan fingerprint density at radius 2 is 2.19 bits per heavy atom. The van der Waals surface area contributed by atoms with Gasteiger partial charge in [0.2, 0.25) is 0 Å². The van der Waals surface area contributed by atoms with Crippen LogP contribution in [0.15, 0.2) is 4.52 Å². The fourth-order valence-corrected chi connectivity index (χ4v) is 2.30. The summed E-state index contributed by atoms with van der Waals surface area (Å²) < 4.78 is 5.07. The number of hydrogen-bond donors (Lipinski definition) is 2.